The van der Waals surface area contributed by atoms with Crippen molar-refractivity contribution in [2.24, 2.45) is 0 Å². The van der Waals surface area contributed by atoms with Gasteiger partial charge in [0, 0.05) is 0 Å². The first-order chi connectivity index (χ1) is 6.17. The van der Waals surface area contributed by atoms with Crippen LogP contribution in [0.4, 0.5) is 0 Å². The molecule has 0 aliphatic rings. The zero-order valence-corrected chi connectivity index (χ0v) is 8.26. The molecule has 0 saturated carbocycles. The quantitative estimate of drug-likeness (QED) is 0.650. The highest BCUT2D eigenvalue weighted by molar-refractivity contribution is 5.89. The van der Waals surface area contributed by atoms with E-state index in [1.165, 1.54) is 12.7 Å². The fourth-order valence-electron chi connectivity index (χ4n) is 1.30. The van der Waals surface area contributed by atoms with E-state index in [4.69, 9.17) is 0 Å². The summed E-state index contributed by atoms with van der Waals surface area (Å²) >= 11 is 0. The Morgan fingerprint density at radius 2 is 2.08 bits per heavy atom. The van der Waals surface area contributed by atoms with Crippen molar-refractivity contribution in [2.45, 2.75) is 20.3 Å². The van der Waals surface area contributed by atoms with Crippen LogP contribution >= 0.6 is 0 Å². The summed E-state index contributed by atoms with van der Waals surface area (Å²) in [6.45, 7) is 4.04. The fraction of sp³-hybridized carbons (Fsp3) is 0.364. The Hall–Kier alpha value is -1.31. The summed E-state index contributed by atoms with van der Waals surface area (Å²) in [4.78, 5) is 11.2. The molecule has 2 heteroatoms. The van der Waals surface area contributed by atoms with Crippen LogP contribution in [0.25, 0.3) is 0 Å². The van der Waals surface area contributed by atoms with E-state index in [1.54, 1.807) is 0 Å². The van der Waals surface area contributed by atoms with Gasteiger partial charge < -0.3 is 4.74 Å². The molecule has 2 nitrogen and oxygen atoms in total. The highest BCUT2D eigenvalue weighted by Crippen LogP contribution is 2.11. The third kappa shape index (κ3) is 2.31. The number of methoxy groups -OCH3 is 1. The Morgan fingerprint density at radius 1 is 1.38 bits per heavy atom. The van der Waals surface area contributed by atoms with Crippen molar-refractivity contribution in [3.63, 3.8) is 0 Å². The molecule has 0 aliphatic heterocycles. The molecule has 0 fully saturated rings. The smallest absolute Gasteiger partial charge is 0.337 e. The van der Waals surface area contributed by atoms with Crippen LogP contribution in [0, 0.1) is 6.92 Å². The van der Waals surface area contributed by atoms with Gasteiger partial charge in [0.1, 0.15) is 0 Å². The molecule has 0 amide bonds. The van der Waals surface area contributed by atoms with Gasteiger partial charge in [-0.3, -0.25) is 0 Å². The molecular weight excluding hydrogens is 164 g/mol. The Balaban J connectivity index is 3.08. The lowest BCUT2D eigenvalue weighted by Crippen LogP contribution is -2.02. The van der Waals surface area contributed by atoms with Crippen molar-refractivity contribution in [3.05, 3.63) is 34.9 Å². The van der Waals surface area contributed by atoms with Crippen LogP contribution in [0.1, 0.15) is 28.4 Å². The molecule has 0 radical (unpaired) electrons. The topological polar surface area (TPSA) is 26.3 Å². The first kappa shape index (κ1) is 9.78. The van der Waals surface area contributed by atoms with Gasteiger partial charge >= 0.3 is 5.97 Å². The van der Waals surface area contributed by atoms with Crippen molar-refractivity contribution in [3.8, 4) is 0 Å². The zero-order chi connectivity index (χ0) is 9.84. The summed E-state index contributed by atoms with van der Waals surface area (Å²) in [6.07, 6.45) is 0.936. The van der Waals surface area contributed by atoms with Crippen molar-refractivity contribution >= 4 is 5.97 Å². The molecule has 0 N–H and O–H groups in total. The highest BCUT2D eigenvalue weighted by Gasteiger charge is 2.06. The monoisotopic (exact) mass is 178 g/mol. The van der Waals surface area contributed by atoms with Crippen LogP contribution in [0.5, 0.6) is 0 Å². The number of benzene rings is 1. The van der Waals surface area contributed by atoms with Gasteiger partial charge in [0.05, 0.1) is 12.7 Å². The zero-order valence-electron chi connectivity index (χ0n) is 8.26. The maximum atomic E-state index is 11.2. The summed E-state index contributed by atoms with van der Waals surface area (Å²) in [6, 6.07) is 5.79. The average molecular weight is 178 g/mol. The lowest BCUT2D eigenvalue weighted by atomic mass is 10.1. The third-order valence-electron chi connectivity index (χ3n) is 1.97. The van der Waals surface area contributed by atoms with Crippen LogP contribution in [0.3, 0.4) is 0 Å². The molecule has 0 aromatic heterocycles. The summed E-state index contributed by atoms with van der Waals surface area (Å²) in [7, 11) is 1.40. The van der Waals surface area contributed by atoms with Gasteiger partial charge in [0.2, 0.25) is 0 Å². The van der Waals surface area contributed by atoms with Gasteiger partial charge in [-0.15, -0.1) is 0 Å². The minimum Gasteiger partial charge on any atom is -0.465 e. The van der Waals surface area contributed by atoms with Crippen LogP contribution < -0.4 is 0 Å². The van der Waals surface area contributed by atoms with Gasteiger partial charge in [0.25, 0.3) is 0 Å². The largest absolute Gasteiger partial charge is 0.465 e. The standard InChI is InChI=1S/C11H14O2/c1-4-9-5-8(2)6-10(7-9)11(12)13-3/h5-7H,4H2,1-3H3. The van der Waals surface area contributed by atoms with Crippen molar-refractivity contribution in [1.82, 2.24) is 0 Å². The Morgan fingerprint density at radius 3 is 2.62 bits per heavy atom. The number of rotatable bonds is 2. The van der Waals surface area contributed by atoms with Crippen molar-refractivity contribution in [2.75, 3.05) is 7.11 Å². The number of hydrogen-bond donors (Lipinski definition) is 0. The first-order valence-corrected chi connectivity index (χ1v) is 4.36. The minimum atomic E-state index is -0.265. The summed E-state index contributed by atoms with van der Waals surface area (Å²) in [5.74, 6) is -0.265. The van der Waals surface area contributed by atoms with E-state index in [0.29, 0.717) is 5.56 Å². The van der Waals surface area contributed by atoms with Crippen LogP contribution in [-0.4, -0.2) is 13.1 Å². The molecule has 0 atom stereocenters. The minimum absolute atomic E-state index is 0.265. The van der Waals surface area contributed by atoms with E-state index in [0.717, 1.165) is 12.0 Å². The number of carbonyl (C=O) groups excluding carboxylic acids is 1. The first-order valence-electron chi connectivity index (χ1n) is 4.36. The van der Waals surface area contributed by atoms with E-state index in [1.807, 2.05) is 19.1 Å². The maximum absolute atomic E-state index is 11.2. The molecule has 70 valence electrons. The van der Waals surface area contributed by atoms with Gasteiger partial charge in [-0.2, -0.15) is 0 Å². The molecule has 0 unspecified atom stereocenters. The van der Waals surface area contributed by atoms with Gasteiger partial charge in [-0.1, -0.05) is 18.6 Å². The second-order valence-electron chi connectivity index (χ2n) is 3.05. The van der Waals surface area contributed by atoms with E-state index in [2.05, 4.69) is 17.7 Å². The lowest BCUT2D eigenvalue weighted by Gasteiger charge is -2.03. The molecule has 1 aromatic rings. The molecule has 13 heavy (non-hydrogen) atoms. The second kappa shape index (κ2) is 4.08. The average Bonchev–Trinajstić information content (AvgIpc) is 2.15. The molecule has 0 bridgehead atoms. The van der Waals surface area contributed by atoms with Crippen molar-refractivity contribution in [1.29, 1.82) is 0 Å². The predicted molar refractivity (Wildman–Crippen MR) is 51.9 cm³/mol. The molecule has 1 aromatic carbocycles. The molecule has 0 aliphatic carbocycles. The van der Waals surface area contributed by atoms with Crippen LogP contribution in [0.2, 0.25) is 0 Å². The van der Waals surface area contributed by atoms with Gasteiger partial charge in [0.15, 0.2) is 0 Å². The Labute approximate surface area is 78.5 Å². The van der Waals surface area contributed by atoms with E-state index >= 15 is 0 Å². The second-order valence-corrected chi connectivity index (χ2v) is 3.05. The van der Waals surface area contributed by atoms with Crippen LogP contribution in [0.15, 0.2) is 18.2 Å². The highest BCUT2D eigenvalue weighted by atomic mass is 16.5. The summed E-state index contributed by atoms with van der Waals surface area (Å²) in [5, 5.41) is 0. The number of ether oxygens (including phenoxy) is 1. The number of carbonyl (C=O) groups is 1. The SMILES string of the molecule is CCc1cc(C)cc(C(=O)OC)c1. The number of aryl methyl sites for hydroxylation is 2. The van der Waals surface area contributed by atoms with E-state index < -0.39 is 0 Å². The predicted octanol–water partition coefficient (Wildman–Crippen LogP) is 2.34. The normalized spacial score (nSPS) is 9.77. The molecule has 0 saturated heterocycles. The third-order valence-corrected chi connectivity index (χ3v) is 1.97. The lowest BCUT2D eigenvalue weighted by molar-refractivity contribution is 0.0600. The Kier molecular flexibility index (Phi) is 3.07. The molecule has 1 rings (SSSR count). The molecule has 0 spiro atoms. The summed E-state index contributed by atoms with van der Waals surface area (Å²) in [5.41, 5.74) is 2.90. The summed E-state index contributed by atoms with van der Waals surface area (Å²) < 4.78 is 4.65. The maximum Gasteiger partial charge on any atom is 0.337 e. The van der Waals surface area contributed by atoms with Gasteiger partial charge in [-0.25, -0.2) is 4.79 Å². The fourth-order valence-corrected chi connectivity index (χ4v) is 1.30. The van der Waals surface area contributed by atoms with Crippen LogP contribution in [-0.2, 0) is 11.2 Å². The van der Waals surface area contributed by atoms with Crippen molar-refractivity contribution < 1.29 is 9.53 Å². The van der Waals surface area contributed by atoms with Gasteiger partial charge in [-0.05, 0) is 31.0 Å². The van der Waals surface area contributed by atoms with E-state index in [-0.39, 0.29) is 5.97 Å². The molecule has 0 heterocycles. The Bertz CT molecular complexity index is 316. The molecular formula is C11H14O2. The van der Waals surface area contributed by atoms with E-state index in [9.17, 15) is 4.79 Å². The number of esters is 1. The number of hydrogen-bond acceptors (Lipinski definition) is 2.